The number of ether oxygens (including phenoxy) is 1. The van der Waals surface area contributed by atoms with Gasteiger partial charge in [-0.05, 0) is 38.0 Å². The summed E-state index contributed by atoms with van der Waals surface area (Å²) in [6.45, 7) is 1.46. The highest BCUT2D eigenvalue weighted by Gasteiger charge is 2.22. The van der Waals surface area contributed by atoms with E-state index in [-0.39, 0.29) is 23.5 Å². The highest BCUT2D eigenvalue weighted by molar-refractivity contribution is 7.90. The summed E-state index contributed by atoms with van der Waals surface area (Å²) in [5.74, 6) is 0.349. The van der Waals surface area contributed by atoms with Gasteiger partial charge in [0.2, 0.25) is 0 Å². The van der Waals surface area contributed by atoms with Crippen LogP contribution in [-0.4, -0.2) is 42.4 Å². The van der Waals surface area contributed by atoms with Crippen LogP contribution in [0.4, 0.5) is 0 Å². The predicted molar refractivity (Wildman–Crippen MR) is 87.7 cm³/mol. The summed E-state index contributed by atoms with van der Waals surface area (Å²) in [6, 6.07) is 0.275. The first-order valence-corrected chi connectivity index (χ1v) is 10.3. The lowest BCUT2D eigenvalue weighted by Gasteiger charge is -2.21. The van der Waals surface area contributed by atoms with Gasteiger partial charge in [0.25, 0.3) is 0 Å². The SMILES string of the molecule is O=S(=O)(Cc1cn(C2CCOCC2)nn1)CC1C=CCCCC1. The van der Waals surface area contributed by atoms with Crippen LogP contribution in [0.15, 0.2) is 18.3 Å². The molecule has 1 aromatic rings. The third-order valence-corrected chi connectivity index (χ3v) is 6.23. The van der Waals surface area contributed by atoms with Crippen LogP contribution in [0, 0.1) is 5.92 Å². The number of rotatable bonds is 5. The molecule has 1 saturated heterocycles. The number of hydrogen-bond acceptors (Lipinski definition) is 5. The van der Waals surface area contributed by atoms with Gasteiger partial charge < -0.3 is 4.74 Å². The molecule has 1 atom stereocenters. The lowest BCUT2D eigenvalue weighted by atomic mass is 10.1. The normalized spacial score (nSPS) is 23.7. The summed E-state index contributed by atoms with van der Waals surface area (Å²) < 4.78 is 32.0. The molecule has 0 spiro atoms. The van der Waals surface area contributed by atoms with Crippen molar-refractivity contribution in [2.75, 3.05) is 19.0 Å². The number of allylic oxidation sites excluding steroid dienone is 2. The van der Waals surface area contributed by atoms with Crippen molar-refractivity contribution in [1.82, 2.24) is 15.0 Å². The van der Waals surface area contributed by atoms with Gasteiger partial charge >= 0.3 is 0 Å². The van der Waals surface area contributed by atoms with Crippen molar-refractivity contribution in [2.45, 2.75) is 50.3 Å². The maximum Gasteiger partial charge on any atom is 0.156 e. The molecule has 1 fully saturated rings. The van der Waals surface area contributed by atoms with Crippen LogP contribution >= 0.6 is 0 Å². The summed E-state index contributed by atoms with van der Waals surface area (Å²) in [7, 11) is -3.16. The first-order valence-electron chi connectivity index (χ1n) is 8.48. The highest BCUT2D eigenvalue weighted by atomic mass is 32.2. The number of sulfone groups is 1. The molecular formula is C16H25N3O3S. The molecule has 0 bridgehead atoms. The first kappa shape index (κ1) is 16.6. The Hall–Kier alpha value is -1.21. The molecule has 1 aliphatic carbocycles. The van der Waals surface area contributed by atoms with Gasteiger partial charge in [-0.3, -0.25) is 0 Å². The minimum Gasteiger partial charge on any atom is -0.381 e. The van der Waals surface area contributed by atoms with Gasteiger partial charge in [-0.2, -0.15) is 0 Å². The Balaban J connectivity index is 1.60. The van der Waals surface area contributed by atoms with E-state index >= 15 is 0 Å². The fourth-order valence-corrected chi connectivity index (χ4v) is 4.94. The Bertz CT molecular complexity index is 633. The molecule has 2 aliphatic rings. The molecule has 2 heterocycles. The van der Waals surface area contributed by atoms with E-state index in [4.69, 9.17) is 4.74 Å². The van der Waals surface area contributed by atoms with E-state index in [0.29, 0.717) is 5.69 Å². The minimum absolute atomic E-state index is 0.0133. The van der Waals surface area contributed by atoms with Crippen LogP contribution in [0.2, 0.25) is 0 Å². The fraction of sp³-hybridized carbons (Fsp3) is 0.750. The molecule has 0 N–H and O–H groups in total. The number of nitrogens with zero attached hydrogens (tertiary/aromatic N) is 3. The van der Waals surface area contributed by atoms with Crippen molar-refractivity contribution < 1.29 is 13.2 Å². The smallest absolute Gasteiger partial charge is 0.156 e. The lowest BCUT2D eigenvalue weighted by molar-refractivity contribution is 0.0657. The van der Waals surface area contributed by atoms with Crippen LogP contribution in [-0.2, 0) is 20.3 Å². The second-order valence-electron chi connectivity index (χ2n) is 6.56. The predicted octanol–water partition coefficient (Wildman–Crippen LogP) is 2.29. The minimum atomic E-state index is -3.16. The molecule has 1 unspecified atom stereocenters. The van der Waals surface area contributed by atoms with E-state index in [1.54, 1.807) is 10.9 Å². The number of hydrogen-bond donors (Lipinski definition) is 0. The monoisotopic (exact) mass is 339 g/mol. The summed E-state index contributed by atoms with van der Waals surface area (Å²) in [5.41, 5.74) is 0.550. The number of aromatic nitrogens is 3. The van der Waals surface area contributed by atoms with E-state index in [2.05, 4.69) is 22.5 Å². The van der Waals surface area contributed by atoms with Crippen molar-refractivity contribution in [3.05, 3.63) is 24.0 Å². The second kappa shape index (κ2) is 7.57. The standard InChI is InChI=1S/C16H25N3O3S/c20-23(21,12-14-5-3-1-2-4-6-14)13-15-11-19(18-17-15)16-7-9-22-10-8-16/h3,5,11,14,16H,1-2,4,6-10,12-13H2. The molecule has 23 heavy (non-hydrogen) atoms. The zero-order chi connectivity index (χ0) is 16.1. The first-order chi connectivity index (χ1) is 11.1. The molecule has 7 heteroatoms. The largest absolute Gasteiger partial charge is 0.381 e. The van der Waals surface area contributed by atoms with Crippen LogP contribution < -0.4 is 0 Å². The van der Waals surface area contributed by atoms with Crippen LogP contribution in [0.25, 0.3) is 0 Å². The van der Waals surface area contributed by atoms with E-state index in [9.17, 15) is 8.42 Å². The molecule has 0 radical (unpaired) electrons. The van der Waals surface area contributed by atoms with E-state index in [1.807, 2.05) is 0 Å². The van der Waals surface area contributed by atoms with E-state index < -0.39 is 9.84 Å². The lowest BCUT2D eigenvalue weighted by Crippen LogP contribution is -2.20. The fourth-order valence-electron chi connectivity index (χ4n) is 3.31. The molecule has 1 aliphatic heterocycles. The molecule has 1 aromatic heterocycles. The van der Waals surface area contributed by atoms with Gasteiger partial charge in [-0.15, -0.1) is 5.10 Å². The van der Waals surface area contributed by atoms with Gasteiger partial charge in [0.05, 0.1) is 23.2 Å². The van der Waals surface area contributed by atoms with Gasteiger partial charge in [0.1, 0.15) is 0 Å². The van der Waals surface area contributed by atoms with Crippen molar-refractivity contribution in [3.63, 3.8) is 0 Å². The van der Waals surface area contributed by atoms with Crippen LogP contribution in [0.5, 0.6) is 0 Å². The zero-order valence-electron chi connectivity index (χ0n) is 13.4. The molecule has 128 valence electrons. The Morgan fingerprint density at radius 2 is 2.04 bits per heavy atom. The van der Waals surface area contributed by atoms with Gasteiger partial charge in [-0.1, -0.05) is 23.8 Å². The maximum absolute atomic E-state index is 12.4. The molecule has 3 rings (SSSR count). The maximum atomic E-state index is 12.4. The third kappa shape index (κ3) is 4.88. The molecule has 0 saturated carbocycles. The van der Waals surface area contributed by atoms with Crippen LogP contribution in [0.3, 0.4) is 0 Å². The van der Waals surface area contributed by atoms with Crippen molar-refractivity contribution in [1.29, 1.82) is 0 Å². The molecule has 6 nitrogen and oxygen atoms in total. The zero-order valence-corrected chi connectivity index (χ0v) is 14.2. The van der Waals surface area contributed by atoms with E-state index in [0.717, 1.165) is 51.7 Å². The Morgan fingerprint density at radius 1 is 1.22 bits per heavy atom. The van der Waals surface area contributed by atoms with Crippen LogP contribution in [0.1, 0.15) is 50.3 Å². The summed E-state index contributed by atoms with van der Waals surface area (Å²) in [5, 5.41) is 8.18. The summed E-state index contributed by atoms with van der Waals surface area (Å²) in [6.07, 6.45) is 12.1. The molecular weight excluding hydrogens is 314 g/mol. The molecule has 0 amide bonds. The molecule has 0 aromatic carbocycles. The average molecular weight is 339 g/mol. The Morgan fingerprint density at radius 3 is 2.87 bits per heavy atom. The quantitative estimate of drug-likeness (QED) is 0.770. The average Bonchev–Trinajstić information content (AvgIpc) is 2.83. The van der Waals surface area contributed by atoms with E-state index in [1.165, 1.54) is 0 Å². The Kier molecular flexibility index (Phi) is 5.48. The highest BCUT2D eigenvalue weighted by Crippen LogP contribution is 2.22. The summed E-state index contributed by atoms with van der Waals surface area (Å²) in [4.78, 5) is 0. The Labute approximate surface area is 137 Å². The van der Waals surface area contributed by atoms with Crippen molar-refractivity contribution in [2.24, 2.45) is 5.92 Å². The summed E-state index contributed by atoms with van der Waals surface area (Å²) >= 11 is 0. The second-order valence-corrected chi connectivity index (χ2v) is 8.67. The topological polar surface area (TPSA) is 74.1 Å². The van der Waals surface area contributed by atoms with Gasteiger partial charge in [-0.25, -0.2) is 13.1 Å². The van der Waals surface area contributed by atoms with Crippen molar-refractivity contribution >= 4 is 9.84 Å². The third-order valence-electron chi connectivity index (χ3n) is 4.56. The van der Waals surface area contributed by atoms with Gasteiger partial charge in [0, 0.05) is 19.4 Å². The van der Waals surface area contributed by atoms with Crippen molar-refractivity contribution in [3.8, 4) is 0 Å². The van der Waals surface area contributed by atoms with Gasteiger partial charge in [0.15, 0.2) is 9.84 Å².